The van der Waals surface area contributed by atoms with Gasteiger partial charge in [0.15, 0.2) is 5.16 Å². The van der Waals surface area contributed by atoms with Gasteiger partial charge in [0, 0.05) is 23.8 Å². The number of aromatic nitrogens is 2. The monoisotopic (exact) mass is 387 g/mol. The summed E-state index contributed by atoms with van der Waals surface area (Å²) >= 11 is 1.45. The molecule has 1 atom stereocenters. The lowest BCUT2D eigenvalue weighted by atomic mass is 9.92. The highest BCUT2D eigenvalue weighted by molar-refractivity contribution is 7.99. The molecule has 7 heteroatoms. The zero-order chi connectivity index (χ0) is 19.6. The fourth-order valence-electron chi connectivity index (χ4n) is 2.84. The fourth-order valence-corrected chi connectivity index (χ4v) is 3.93. The molecule has 1 aromatic carbocycles. The molecule has 6 nitrogen and oxygen atoms in total. The fraction of sp³-hybridized carbons (Fsp3) is 0.450. The second-order valence-corrected chi connectivity index (χ2v) is 8.54. The number of para-hydroxylation sites is 2. The number of benzene rings is 1. The Morgan fingerprint density at radius 2 is 2.11 bits per heavy atom. The van der Waals surface area contributed by atoms with Gasteiger partial charge in [-0.2, -0.15) is 0 Å². The van der Waals surface area contributed by atoms with E-state index in [9.17, 15) is 9.59 Å². The maximum atomic E-state index is 12.8. The average Bonchev–Trinajstić information content (AvgIpc) is 2.62. The number of fused-ring (bicyclic) bond motifs is 1. The summed E-state index contributed by atoms with van der Waals surface area (Å²) in [6.45, 7) is 8.86. The van der Waals surface area contributed by atoms with Crippen molar-refractivity contribution < 1.29 is 9.53 Å². The first kappa shape index (κ1) is 19.5. The molecule has 144 valence electrons. The molecule has 1 aliphatic heterocycles. The Hall–Kier alpha value is -2.28. The van der Waals surface area contributed by atoms with Gasteiger partial charge in [0.25, 0.3) is 5.56 Å². The van der Waals surface area contributed by atoms with Crippen LogP contribution >= 0.6 is 11.8 Å². The van der Waals surface area contributed by atoms with E-state index in [0.29, 0.717) is 35.5 Å². The van der Waals surface area contributed by atoms with Gasteiger partial charge in [-0.1, -0.05) is 44.7 Å². The normalized spacial score (nSPS) is 16.5. The largest absolute Gasteiger partial charge is 0.492 e. The lowest BCUT2D eigenvalue weighted by Gasteiger charge is -2.26. The van der Waals surface area contributed by atoms with Gasteiger partial charge in [-0.15, -0.1) is 0 Å². The number of nitrogens with one attached hydrogen (secondary N) is 1. The molecule has 0 spiro atoms. The Bertz CT molecular complexity index is 902. The van der Waals surface area contributed by atoms with Crippen LogP contribution in [-0.2, 0) is 16.8 Å². The van der Waals surface area contributed by atoms with Crippen LogP contribution in [0.2, 0.25) is 0 Å². The summed E-state index contributed by atoms with van der Waals surface area (Å²) in [6.07, 6.45) is 0. The first-order valence-corrected chi connectivity index (χ1v) is 10.1. The summed E-state index contributed by atoms with van der Waals surface area (Å²) in [7, 11) is 0. The molecular weight excluding hydrogens is 362 g/mol. The van der Waals surface area contributed by atoms with Crippen molar-refractivity contribution in [1.82, 2.24) is 9.55 Å². The van der Waals surface area contributed by atoms with Crippen LogP contribution in [0, 0.1) is 5.92 Å². The lowest BCUT2D eigenvalue weighted by Crippen LogP contribution is -2.37. The summed E-state index contributed by atoms with van der Waals surface area (Å²) < 4.78 is 7.16. The van der Waals surface area contributed by atoms with Crippen LogP contribution in [-0.4, -0.2) is 27.8 Å². The molecular formula is C20H25N3O3S. The molecule has 1 N–H and O–H groups in total. The van der Waals surface area contributed by atoms with Crippen LogP contribution in [0.1, 0.15) is 33.4 Å². The van der Waals surface area contributed by atoms with E-state index in [2.05, 4.69) is 10.3 Å². The molecule has 27 heavy (non-hydrogen) atoms. The number of anilines is 1. The highest BCUT2D eigenvalue weighted by atomic mass is 32.2. The number of carbonyl (C=O) groups is 1. The number of rotatable bonds is 4. The van der Waals surface area contributed by atoms with Crippen molar-refractivity contribution in [1.29, 1.82) is 0 Å². The van der Waals surface area contributed by atoms with E-state index in [4.69, 9.17) is 4.74 Å². The first-order valence-electron chi connectivity index (χ1n) is 9.07. The highest BCUT2D eigenvalue weighted by Crippen LogP contribution is 2.30. The van der Waals surface area contributed by atoms with Gasteiger partial charge in [0.05, 0.1) is 23.9 Å². The average molecular weight is 388 g/mol. The summed E-state index contributed by atoms with van der Waals surface area (Å²) in [4.78, 5) is 29.9. The predicted octanol–water partition coefficient (Wildman–Crippen LogP) is 3.30. The molecule has 0 saturated heterocycles. The third kappa shape index (κ3) is 4.35. The minimum absolute atomic E-state index is 0.107. The molecule has 0 aliphatic carbocycles. The maximum absolute atomic E-state index is 12.8. The molecule has 1 aliphatic rings. The quantitative estimate of drug-likeness (QED) is 0.815. The van der Waals surface area contributed by atoms with Crippen LogP contribution in [0.4, 0.5) is 5.69 Å². The molecule has 2 aromatic rings. The number of hydrogen-bond acceptors (Lipinski definition) is 5. The minimum atomic E-state index is -0.308. The van der Waals surface area contributed by atoms with Gasteiger partial charge in [0.2, 0.25) is 5.91 Å². The van der Waals surface area contributed by atoms with Crippen molar-refractivity contribution >= 4 is 23.4 Å². The Balaban J connectivity index is 1.78. The van der Waals surface area contributed by atoms with Crippen molar-refractivity contribution in [2.24, 2.45) is 5.92 Å². The number of thioether (sulfide) groups is 1. The Kier molecular flexibility index (Phi) is 5.60. The molecule has 0 saturated carbocycles. The van der Waals surface area contributed by atoms with Crippen LogP contribution < -0.4 is 15.6 Å². The van der Waals surface area contributed by atoms with Gasteiger partial charge in [-0.3, -0.25) is 14.2 Å². The summed E-state index contributed by atoms with van der Waals surface area (Å²) in [6, 6.07) is 8.94. The third-order valence-corrected chi connectivity index (χ3v) is 5.51. The van der Waals surface area contributed by atoms with Gasteiger partial charge in [0.1, 0.15) is 5.75 Å². The summed E-state index contributed by atoms with van der Waals surface area (Å²) in [5.41, 5.74) is 1.13. The van der Waals surface area contributed by atoms with E-state index in [1.807, 2.05) is 52.0 Å². The standard InChI is InChI=1S/C20H25N3O3S/c1-5-26-15-9-7-6-8-14(15)21-18(25)13-11-23-17(24)10-16(20(2,3)4)22-19(23)27-12-13/h6-10,13H,5,11-12H2,1-4H3,(H,21,25). The number of carbonyl (C=O) groups excluding carboxylic acids is 1. The minimum Gasteiger partial charge on any atom is -0.492 e. The molecule has 1 aromatic heterocycles. The van der Waals surface area contributed by atoms with Gasteiger partial charge in [-0.05, 0) is 19.1 Å². The van der Waals surface area contributed by atoms with Crippen molar-refractivity contribution in [3.63, 3.8) is 0 Å². The van der Waals surface area contributed by atoms with Crippen LogP contribution in [0.15, 0.2) is 40.3 Å². The first-order chi connectivity index (χ1) is 12.8. The van der Waals surface area contributed by atoms with Gasteiger partial charge < -0.3 is 10.1 Å². The Labute approximate surface area is 163 Å². The Morgan fingerprint density at radius 3 is 2.81 bits per heavy atom. The van der Waals surface area contributed by atoms with E-state index in [1.165, 1.54) is 11.8 Å². The van der Waals surface area contributed by atoms with Crippen molar-refractivity contribution in [2.45, 2.75) is 44.8 Å². The zero-order valence-corrected chi connectivity index (χ0v) is 16.9. The van der Waals surface area contributed by atoms with Crippen LogP contribution in [0.5, 0.6) is 5.75 Å². The van der Waals surface area contributed by atoms with E-state index in [0.717, 1.165) is 5.69 Å². The Morgan fingerprint density at radius 1 is 1.37 bits per heavy atom. The highest BCUT2D eigenvalue weighted by Gasteiger charge is 2.29. The molecule has 1 amide bonds. The van der Waals surface area contributed by atoms with Crippen molar-refractivity contribution in [3.05, 3.63) is 46.4 Å². The van der Waals surface area contributed by atoms with Crippen LogP contribution in [0.3, 0.4) is 0 Å². The van der Waals surface area contributed by atoms with Gasteiger partial charge in [-0.25, -0.2) is 4.98 Å². The number of ether oxygens (including phenoxy) is 1. The van der Waals surface area contributed by atoms with E-state index in [-0.39, 0.29) is 22.8 Å². The van der Waals surface area contributed by atoms with Gasteiger partial charge >= 0.3 is 0 Å². The van der Waals surface area contributed by atoms with E-state index >= 15 is 0 Å². The molecule has 3 rings (SSSR count). The molecule has 0 bridgehead atoms. The summed E-state index contributed by atoms with van der Waals surface area (Å²) in [5, 5.41) is 3.62. The lowest BCUT2D eigenvalue weighted by molar-refractivity contribution is -0.119. The predicted molar refractivity (Wildman–Crippen MR) is 108 cm³/mol. The molecule has 0 radical (unpaired) electrons. The maximum Gasteiger partial charge on any atom is 0.254 e. The topological polar surface area (TPSA) is 73.2 Å². The molecule has 1 unspecified atom stereocenters. The number of amides is 1. The summed E-state index contributed by atoms with van der Waals surface area (Å²) in [5.74, 6) is 0.804. The number of hydrogen-bond donors (Lipinski definition) is 1. The van der Waals surface area contributed by atoms with Crippen molar-refractivity contribution in [2.75, 3.05) is 17.7 Å². The van der Waals surface area contributed by atoms with Crippen LogP contribution in [0.25, 0.3) is 0 Å². The second-order valence-electron chi connectivity index (χ2n) is 7.55. The van der Waals surface area contributed by atoms with E-state index < -0.39 is 0 Å². The smallest absolute Gasteiger partial charge is 0.254 e. The number of nitrogens with zero attached hydrogens (tertiary/aromatic N) is 2. The van der Waals surface area contributed by atoms with E-state index in [1.54, 1.807) is 10.6 Å². The van der Waals surface area contributed by atoms with Crippen molar-refractivity contribution in [3.8, 4) is 5.75 Å². The molecule has 2 heterocycles. The SMILES string of the molecule is CCOc1ccccc1NC(=O)C1CSc2nc(C(C)(C)C)cc(=O)n2C1. The molecule has 0 fully saturated rings. The third-order valence-electron chi connectivity index (χ3n) is 4.37. The zero-order valence-electron chi connectivity index (χ0n) is 16.1. The second kappa shape index (κ2) is 7.76.